The first-order chi connectivity index (χ1) is 9.89. The van der Waals surface area contributed by atoms with Crippen LogP contribution < -0.4 is 5.32 Å². The van der Waals surface area contributed by atoms with Gasteiger partial charge in [-0.15, -0.1) is 0 Å². The van der Waals surface area contributed by atoms with Crippen molar-refractivity contribution >= 4 is 33.0 Å². The van der Waals surface area contributed by atoms with Crippen LogP contribution in [-0.2, 0) is 9.84 Å². The summed E-state index contributed by atoms with van der Waals surface area (Å²) < 4.78 is 23.2. The molecule has 120 valence electrons. The minimum Gasteiger partial charge on any atom is -0.310 e. The standard InChI is InChI=1S/C15H23Cl2NO2S/c1-3-9-18-15(6-5-10-21(19,20)4-2)13-8-7-12(16)11-14(13)17/h7-8,11,15,18H,3-6,9-10H2,1-2H3. The summed E-state index contributed by atoms with van der Waals surface area (Å²) in [5.41, 5.74) is 0.975. The monoisotopic (exact) mass is 351 g/mol. The van der Waals surface area contributed by atoms with Crippen molar-refractivity contribution in [1.29, 1.82) is 0 Å². The van der Waals surface area contributed by atoms with Crippen LogP contribution in [0.3, 0.4) is 0 Å². The molecule has 0 amide bonds. The Bertz CT molecular complexity index is 547. The zero-order valence-corrected chi connectivity index (χ0v) is 14.9. The van der Waals surface area contributed by atoms with E-state index in [1.165, 1.54) is 0 Å². The van der Waals surface area contributed by atoms with Crippen LogP contribution in [0.5, 0.6) is 0 Å². The second-order valence-corrected chi connectivity index (χ2v) is 8.37. The van der Waals surface area contributed by atoms with E-state index >= 15 is 0 Å². The van der Waals surface area contributed by atoms with Gasteiger partial charge in [-0.1, -0.05) is 43.1 Å². The normalized spacial score (nSPS) is 13.3. The lowest BCUT2D eigenvalue weighted by atomic mass is 10.0. The fourth-order valence-corrected chi connectivity index (χ4v) is 3.56. The summed E-state index contributed by atoms with van der Waals surface area (Å²) in [4.78, 5) is 0. The third kappa shape index (κ3) is 6.55. The SMILES string of the molecule is CCCNC(CCCS(=O)(=O)CC)c1ccc(Cl)cc1Cl. The molecule has 0 spiro atoms. The molecule has 0 radical (unpaired) electrons. The van der Waals surface area contributed by atoms with Crippen molar-refractivity contribution in [1.82, 2.24) is 5.32 Å². The molecular weight excluding hydrogens is 329 g/mol. The van der Waals surface area contributed by atoms with E-state index in [2.05, 4.69) is 12.2 Å². The van der Waals surface area contributed by atoms with Crippen LogP contribution in [0.1, 0.15) is 44.7 Å². The molecule has 1 rings (SSSR count). The van der Waals surface area contributed by atoms with Gasteiger partial charge in [0.1, 0.15) is 9.84 Å². The zero-order valence-electron chi connectivity index (χ0n) is 12.5. The molecule has 0 aliphatic heterocycles. The lowest BCUT2D eigenvalue weighted by molar-refractivity contribution is 0.492. The Labute approximate surface area is 137 Å². The quantitative estimate of drug-likeness (QED) is 0.723. The maximum Gasteiger partial charge on any atom is 0.150 e. The summed E-state index contributed by atoms with van der Waals surface area (Å²) in [7, 11) is -2.92. The van der Waals surface area contributed by atoms with Gasteiger partial charge in [0.25, 0.3) is 0 Å². The van der Waals surface area contributed by atoms with Gasteiger partial charge in [-0.25, -0.2) is 8.42 Å². The van der Waals surface area contributed by atoms with Gasteiger partial charge in [-0.05, 0) is 43.5 Å². The van der Waals surface area contributed by atoms with Crippen molar-refractivity contribution in [3.05, 3.63) is 33.8 Å². The van der Waals surface area contributed by atoms with Gasteiger partial charge in [0.2, 0.25) is 0 Å². The van der Waals surface area contributed by atoms with Gasteiger partial charge < -0.3 is 5.32 Å². The molecule has 0 aliphatic carbocycles. The minimum atomic E-state index is -2.92. The smallest absolute Gasteiger partial charge is 0.150 e. The third-order valence-electron chi connectivity index (χ3n) is 3.37. The lowest BCUT2D eigenvalue weighted by Gasteiger charge is -2.20. The molecule has 1 unspecified atom stereocenters. The van der Waals surface area contributed by atoms with E-state index in [0.717, 1.165) is 24.9 Å². The van der Waals surface area contributed by atoms with E-state index in [-0.39, 0.29) is 17.5 Å². The van der Waals surface area contributed by atoms with Crippen LogP contribution >= 0.6 is 23.2 Å². The number of sulfone groups is 1. The Morgan fingerprint density at radius 2 is 1.95 bits per heavy atom. The Morgan fingerprint density at radius 1 is 1.24 bits per heavy atom. The second-order valence-electron chi connectivity index (χ2n) is 5.05. The molecule has 1 aromatic carbocycles. The highest BCUT2D eigenvalue weighted by atomic mass is 35.5. The Hall–Kier alpha value is -0.290. The predicted molar refractivity (Wildman–Crippen MR) is 91.1 cm³/mol. The summed E-state index contributed by atoms with van der Waals surface area (Å²) in [5.74, 6) is 0.417. The van der Waals surface area contributed by atoms with Crippen LogP contribution in [0.25, 0.3) is 0 Å². The summed E-state index contributed by atoms with van der Waals surface area (Å²) in [6, 6.07) is 5.50. The molecule has 21 heavy (non-hydrogen) atoms. The van der Waals surface area contributed by atoms with Gasteiger partial charge in [0, 0.05) is 21.8 Å². The van der Waals surface area contributed by atoms with E-state index in [1.807, 2.05) is 12.1 Å². The first-order valence-corrected chi connectivity index (χ1v) is 9.86. The van der Waals surface area contributed by atoms with Crippen molar-refractivity contribution in [2.75, 3.05) is 18.1 Å². The fraction of sp³-hybridized carbons (Fsp3) is 0.600. The first-order valence-electron chi connectivity index (χ1n) is 7.28. The first kappa shape index (κ1) is 18.8. The number of rotatable bonds is 9. The molecule has 0 saturated carbocycles. The molecule has 0 bridgehead atoms. The van der Waals surface area contributed by atoms with Gasteiger partial charge in [-0.2, -0.15) is 0 Å². The van der Waals surface area contributed by atoms with Gasteiger partial charge in [0.05, 0.1) is 5.75 Å². The summed E-state index contributed by atoms with van der Waals surface area (Å²) in [6.45, 7) is 4.64. The van der Waals surface area contributed by atoms with Crippen molar-refractivity contribution < 1.29 is 8.42 Å². The number of hydrogen-bond donors (Lipinski definition) is 1. The molecule has 0 heterocycles. The number of benzene rings is 1. The van der Waals surface area contributed by atoms with Crippen LogP contribution in [0.15, 0.2) is 18.2 Å². The fourth-order valence-electron chi connectivity index (χ4n) is 2.12. The average molecular weight is 352 g/mol. The van der Waals surface area contributed by atoms with E-state index < -0.39 is 9.84 Å². The zero-order chi connectivity index (χ0) is 15.9. The topological polar surface area (TPSA) is 46.2 Å². The van der Waals surface area contributed by atoms with Crippen molar-refractivity contribution in [2.45, 2.75) is 39.2 Å². The molecule has 1 atom stereocenters. The van der Waals surface area contributed by atoms with Crippen molar-refractivity contribution in [2.24, 2.45) is 0 Å². The van der Waals surface area contributed by atoms with Gasteiger partial charge in [-0.3, -0.25) is 0 Å². The third-order valence-corrected chi connectivity index (χ3v) is 5.72. The molecular formula is C15H23Cl2NO2S. The van der Waals surface area contributed by atoms with E-state index in [9.17, 15) is 8.42 Å². The maximum absolute atomic E-state index is 11.6. The Kier molecular flexibility index (Phi) is 8.03. The molecule has 3 nitrogen and oxygen atoms in total. The molecule has 1 aromatic rings. The highest BCUT2D eigenvalue weighted by Crippen LogP contribution is 2.29. The minimum absolute atomic E-state index is 0.0572. The number of nitrogens with one attached hydrogen (secondary N) is 1. The van der Waals surface area contributed by atoms with Crippen LogP contribution in [-0.4, -0.2) is 26.5 Å². The van der Waals surface area contributed by atoms with Crippen molar-refractivity contribution in [3.8, 4) is 0 Å². The van der Waals surface area contributed by atoms with Crippen LogP contribution in [0, 0.1) is 0 Å². The number of halogens is 2. The van der Waals surface area contributed by atoms with Crippen LogP contribution in [0.2, 0.25) is 10.0 Å². The molecule has 0 aromatic heterocycles. The number of hydrogen-bond acceptors (Lipinski definition) is 3. The molecule has 0 aliphatic rings. The highest BCUT2D eigenvalue weighted by Gasteiger charge is 2.16. The highest BCUT2D eigenvalue weighted by molar-refractivity contribution is 7.91. The average Bonchev–Trinajstić information content (AvgIpc) is 2.43. The van der Waals surface area contributed by atoms with Crippen LogP contribution in [0.4, 0.5) is 0 Å². The summed E-state index contributed by atoms with van der Waals surface area (Å²) >= 11 is 12.2. The van der Waals surface area contributed by atoms with Crippen molar-refractivity contribution in [3.63, 3.8) is 0 Å². The predicted octanol–water partition coefficient (Wildman–Crippen LogP) is 4.25. The molecule has 6 heteroatoms. The molecule has 0 saturated heterocycles. The van der Waals surface area contributed by atoms with E-state index in [4.69, 9.17) is 23.2 Å². The lowest BCUT2D eigenvalue weighted by Crippen LogP contribution is -2.23. The molecule has 1 N–H and O–H groups in total. The van der Waals surface area contributed by atoms with E-state index in [1.54, 1.807) is 13.0 Å². The summed E-state index contributed by atoms with van der Waals surface area (Å²) in [5, 5.41) is 4.65. The van der Waals surface area contributed by atoms with E-state index in [0.29, 0.717) is 16.5 Å². The second kappa shape index (κ2) is 8.99. The Morgan fingerprint density at radius 3 is 2.52 bits per heavy atom. The summed E-state index contributed by atoms with van der Waals surface area (Å²) in [6.07, 6.45) is 2.37. The largest absolute Gasteiger partial charge is 0.310 e. The Balaban J connectivity index is 2.76. The van der Waals surface area contributed by atoms with Gasteiger partial charge in [0.15, 0.2) is 0 Å². The maximum atomic E-state index is 11.6. The molecule has 0 fully saturated rings. The van der Waals surface area contributed by atoms with Gasteiger partial charge >= 0.3 is 0 Å².